The fourth-order valence-electron chi connectivity index (χ4n) is 3.20. The van der Waals surface area contributed by atoms with Crippen LogP contribution in [0.15, 0.2) is 33.9 Å². The predicted octanol–water partition coefficient (Wildman–Crippen LogP) is 0.949. The molecule has 0 bridgehead atoms. The molecule has 2 heterocycles. The van der Waals surface area contributed by atoms with Crippen molar-refractivity contribution in [2.75, 3.05) is 18.4 Å². The van der Waals surface area contributed by atoms with Gasteiger partial charge < -0.3 is 10.6 Å². The van der Waals surface area contributed by atoms with E-state index < -0.39 is 11.2 Å². The molecule has 0 radical (unpaired) electrons. The van der Waals surface area contributed by atoms with E-state index in [0.717, 1.165) is 16.6 Å². The number of aromatic nitrogens is 4. The van der Waals surface area contributed by atoms with Gasteiger partial charge in [0, 0.05) is 33.6 Å². The third kappa shape index (κ3) is 4.27. The van der Waals surface area contributed by atoms with Crippen molar-refractivity contribution in [3.63, 3.8) is 0 Å². The number of hydrogen-bond acceptors (Lipinski definition) is 5. The smallest absolute Gasteiger partial charge is 0.332 e. The molecule has 9 nitrogen and oxygen atoms in total. The van der Waals surface area contributed by atoms with E-state index in [1.807, 2.05) is 6.92 Å². The first kappa shape index (κ1) is 21.3. The molecule has 1 aromatic carbocycles. The fraction of sp³-hybridized carbons (Fsp3) is 0.400. The van der Waals surface area contributed by atoms with Crippen LogP contribution >= 0.6 is 0 Å². The molecule has 160 valence electrons. The van der Waals surface area contributed by atoms with Crippen LogP contribution in [0.4, 0.5) is 10.3 Å². The highest BCUT2D eigenvalue weighted by atomic mass is 19.1. The van der Waals surface area contributed by atoms with Gasteiger partial charge in [-0.2, -0.15) is 4.98 Å². The zero-order chi connectivity index (χ0) is 21.8. The van der Waals surface area contributed by atoms with Crippen LogP contribution in [0.25, 0.3) is 11.2 Å². The van der Waals surface area contributed by atoms with Gasteiger partial charge >= 0.3 is 5.69 Å². The minimum atomic E-state index is -0.475. The van der Waals surface area contributed by atoms with Gasteiger partial charge in [0.05, 0.1) is 6.54 Å². The maximum atomic E-state index is 13.3. The fourth-order valence-corrected chi connectivity index (χ4v) is 3.20. The summed E-state index contributed by atoms with van der Waals surface area (Å²) in [6.45, 7) is 2.96. The third-order valence-electron chi connectivity index (χ3n) is 4.81. The van der Waals surface area contributed by atoms with Crippen molar-refractivity contribution in [1.82, 2.24) is 24.0 Å². The molecule has 0 unspecified atom stereocenters. The lowest BCUT2D eigenvalue weighted by molar-refractivity contribution is -0.121. The minimum absolute atomic E-state index is 0.0321. The molecule has 0 fully saturated rings. The van der Waals surface area contributed by atoms with Crippen molar-refractivity contribution in [2.24, 2.45) is 14.1 Å². The maximum absolute atomic E-state index is 13.3. The molecule has 3 rings (SSSR count). The number of amides is 1. The van der Waals surface area contributed by atoms with Crippen LogP contribution in [0.1, 0.15) is 25.3 Å². The average Bonchev–Trinajstić information content (AvgIpc) is 3.08. The van der Waals surface area contributed by atoms with E-state index in [9.17, 15) is 18.8 Å². The van der Waals surface area contributed by atoms with E-state index in [1.165, 1.54) is 23.7 Å². The molecule has 2 N–H and O–H groups in total. The van der Waals surface area contributed by atoms with Crippen LogP contribution in [0.2, 0.25) is 0 Å². The van der Waals surface area contributed by atoms with Crippen LogP contribution in [-0.4, -0.2) is 37.7 Å². The summed E-state index contributed by atoms with van der Waals surface area (Å²) in [4.78, 5) is 41.2. The SMILES string of the molecule is CCCC(=O)NCCNc1nc2c(c(=O)n(C)c(=O)n2C)n1Cc1ccc(F)cc1. The van der Waals surface area contributed by atoms with E-state index in [2.05, 4.69) is 15.6 Å². The standard InChI is InChI=1S/C20H25FN6O3/c1-4-5-15(28)22-10-11-23-19-24-17-16(18(29)26(3)20(30)25(17)2)27(19)12-13-6-8-14(21)9-7-13/h6-9H,4-5,10-12H2,1-3H3,(H,22,28)(H,23,24). The third-order valence-corrected chi connectivity index (χ3v) is 4.81. The number of anilines is 1. The molecule has 0 saturated carbocycles. The van der Waals surface area contributed by atoms with Crippen molar-refractivity contribution < 1.29 is 9.18 Å². The molecule has 10 heteroatoms. The monoisotopic (exact) mass is 416 g/mol. The highest BCUT2D eigenvalue weighted by Crippen LogP contribution is 2.18. The van der Waals surface area contributed by atoms with Crippen LogP contribution < -0.4 is 21.9 Å². The van der Waals surface area contributed by atoms with Crippen molar-refractivity contribution in [2.45, 2.75) is 26.3 Å². The summed E-state index contributed by atoms with van der Waals surface area (Å²) in [7, 11) is 2.96. The molecule has 0 atom stereocenters. The Morgan fingerprint density at radius 3 is 2.47 bits per heavy atom. The van der Waals surface area contributed by atoms with Gasteiger partial charge in [-0.1, -0.05) is 19.1 Å². The van der Waals surface area contributed by atoms with Gasteiger partial charge in [0.25, 0.3) is 5.56 Å². The lowest BCUT2D eigenvalue weighted by Gasteiger charge is -2.11. The van der Waals surface area contributed by atoms with Gasteiger partial charge in [0.1, 0.15) is 5.82 Å². The zero-order valence-corrected chi connectivity index (χ0v) is 17.2. The molecule has 2 aromatic heterocycles. The second kappa shape index (κ2) is 8.93. The van der Waals surface area contributed by atoms with Gasteiger partial charge in [-0.15, -0.1) is 0 Å². The molecule has 30 heavy (non-hydrogen) atoms. The van der Waals surface area contributed by atoms with Gasteiger partial charge in [-0.3, -0.25) is 23.3 Å². The Morgan fingerprint density at radius 2 is 1.80 bits per heavy atom. The highest BCUT2D eigenvalue weighted by molar-refractivity contribution is 5.76. The second-order valence-electron chi connectivity index (χ2n) is 7.05. The second-order valence-corrected chi connectivity index (χ2v) is 7.05. The Balaban J connectivity index is 1.98. The number of imidazole rings is 1. The summed E-state index contributed by atoms with van der Waals surface area (Å²) < 4.78 is 17.3. The molecular formula is C20H25FN6O3. The first-order valence-corrected chi connectivity index (χ1v) is 9.74. The summed E-state index contributed by atoms with van der Waals surface area (Å²) in [6.07, 6.45) is 1.23. The van der Waals surface area contributed by atoms with Crippen molar-refractivity contribution in [3.8, 4) is 0 Å². The lowest BCUT2D eigenvalue weighted by Crippen LogP contribution is -2.37. The summed E-state index contributed by atoms with van der Waals surface area (Å²) in [6, 6.07) is 5.95. The van der Waals surface area contributed by atoms with E-state index in [4.69, 9.17) is 0 Å². The van der Waals surface area contributed by atoms with Gasteiger partial charge in [0.15, 0.2) is 11.2 Å². The Morgan fingerprint density at radius 1 is 1.10 bits per heavy atom. The number of nitrogens with zero attached hydrogens (tertiary/aromatic N) is 4. The zero-order valence-electron chi connectivity index (χ0n) is 17.2. The average molecular weight is 416 g/mol. The van der Waals surface area contributed by atoms with Crippen molar-refractivity contribution >= 4 is 23.0 Å². The number of hydrogen-bond donors (Lipinski definition) is 2. The summed E-state index contributed by atoms with van der Waals surface area (Å²) >= 11 is 0. The molecule has 0 saturated heterocycles. The number of carbonyl (C=O) groups is 1. The summed E-state index contributed by atoms with van der Waals surface area (Å²) in [5.41, 5.74) is 0.347. The molecule has 0 aliphatic carbocycles. The predicted molar refractivity (Wildman–Crippen MR) is 112 cm³/mol. The number of nitrogens with one attached hydrogen (secondary N) is 2. The van der Waals surface area contributed by atoms with Crippen LogP contribution in [-0.2, 0) is 25.4 Å². The van der Waals surface area contributed by atoms with Gasteiger partial charge in [-0.25, -0.2) is 9.18 Å². The Kier molecular flexibility index (Phi) is 6.34. The van der Waals surface area contributed by atoms with E-state index in [0.29, 0.717) is 25.5 Å². The number of fused-ring (bicyclic) bond motifs is 1. The molecule has 1 amide bonds. The highest BCUT2D eigenvalue weighted by Gasteiger charge is 2.19. The number of benzene rings is 1. The Hall–Kier alpha value is -3.43. The first-order valence-electron chi connectivity index (χ1n) is 9.74. The van der Waals surface area contributed by atoms with Crippen LogP contribution in [0.3, 0.4) is 0 Å². The minimum Gasteiger partial charge on any atom is -0.354 e. The molecular weight excluding hydrogens is 391 g/mol. The maximum Gasteiger partial charge on any atom is 0.332 e. The van der Waals surface area contributed by atoms with E-state index >= 15 is 0 Å². The molecule has 3 aromatic rings. The van der Waals surface area contributed by atoms with Gasteiger partial charge in [0.2, 0.25) is 11.9 Å². The molecule has 0 spiro atoms. The summed E-state index contributed by atoms with van der Waals surface area (Å²) in [5, 5.41) is 5.93. The van der Waals surface area contributed by atoms with Crippen LogP contribution in [0, 0.1) is 5.82 Å². The normalized spacial score (nSPS) is 11.1. The van der Waals surface area contributed by atoms with Crippen molar-refractivity contribution in [3.05, 3.63) is 56.5 Å². The Labute approximate surface area is 172 Å². The van der Waals surface area contributed by atoms with Crippen molar-refractivity contribution in [1.29, 1.82) is 0 Å². The van der Waals surface area contributed by atoms with E-state index in [-0.39, 0.29) is 29.4 Å². The van der Waals surface area contributed by atoms with E-state index in [1.54, 1.807) is 23.7 Å². The number of carbonyl (C=O) groups excluding carboxylic acids is 1. The topological polar surface area (TPSA) is 103 Å². The quantitative estimate of drug-likeness (QED) is 0.532. The number of aryl methyl sites for hydroxylation is 1. The first-order chi connectivity index (χ1) is 14.3. The van der Waals surface area contributed by atoms with Gasteiger partial charge in [-0.05, 0) is 24.1 Å². The lowest BCUT2D eigenvalue weighted by atomic mass is 10.2. The van der Waals surface area contributed by atoms with Crippen LogP contribution in [0.5, 0.6) is 0 Å². The molecule has 0 aliphatic rings. The molecule has 0 aliphatic heterocycles. The Bertz CT molecular complexity index is 1180. The summed E-state index contributed by atoms with van der Waals surface area (Å²) in [5.74, 6) is 0.00136. The largest absolute Gasteiger partial charge is 0.354 e. The number of halogens is 1. The number of rotatable bonds is 8.